The highest BCUT2D eigenvalue weighted by atomic mass is 32.2. The Labute approximate surface area is 127 Å². The summed E-state index contributed by atoms with van der Waals surface area (Å²) in [6.07, 6.45) is 3.81. The quantitative estimate of drug-likeness (QED) is 0.745. The lowest BCUT2D eigenvalue weighted by molar-refractivity contribution is 0.248. The van der Waals surface area contributed by atoms with Crippen molar-refractivity contribution in [3.05, 3.63) is 11.4 Å². The zero-order valence-electron chi connectivity index (χ0n) is 13.4. The van der Waals surface area contributed by atoms with E-state index in [1.165, 1.54) is 0 Å². The minimum atomic E-state index is -3.50. The number of rotatable bonds is 7. The molecule has 1 heterocycles. The lowest BCUT2D eigenvalue weighted by Crippen LogP contribution is -2.50. The first-order valence-corrected chi connectivity index (χ1v) is 9.00. The lowest BCUT2D eigenvalue weighted by Gasteiger charge is -2.38. The summed E-state index contributed by atoms with van der Waals surface area (Å²) in [6, 6.07) is 0. The van der Waals surface area contributed by atoms with Crippen molar-refractivity contribution in [3.63, 3.8) is 0 Å². The Morgan fingerprint density at radius 1 is 1.33 bits per heavy atom. The molecule has 1 aromatic heterocycles. The number of hydrogen-bond donors (Lipinski definition) is 2. The van der Waals surface area contributed by atoms with Gasteiger partial charge in [0.1, 0.15) is 4.90 Å². The zero-order chi connectivity index (χ0) is 15.7. The van der Waals surface area contributed by atoms with Crippen LogP contribution in [0.25, 0.3) is 0 Å². The van der Waals surface area contributed by atoms with E-state index in [1.54, 1.807) is 11.6 Å². The van der Waals surface area contributed by atoms with Gasteiger partial charge in [0.25, 0.3) is 0 Å². The van der Waals surface area contributed by atoms with E-state index in [1.807, 2.05) is 20.9 Å². The van der Waals surface area contributed by atoms with Gasteiger partial charge >= 0.3 is 0 Å². The molecule has 1 aliphatic rings. The standard InChI is InChI=1S/C14H26N4O2S/c1-11-13(12(2)18(16-11)10-6-9-15-4)21(19,20)17-14(3)7-5-8-14/h15,17H,5-10H2,1-4H3. The Bertz CT molecular complexity index is 603. The molecule has 1 aromatic rings. The second-order valence-corrected chi connectivity index (χ2v) is 7.82. The van der Waals surface area contributed by atoms with Gasteiger partial charge in [-0.3, -0.25) is 4.68 Å². The van der Waals surface area contributed by atoms with Crippen LogP contribution in [0.2, 0.25) is 0 Å². The first kappa shape index (κ1) is 16.5. The summed E-state index contributed by atoms with van der Waals surface area (Å²) in [4.78, 5) is 0.347. The molecule has 2 N–H and O–H groups in total. The van der Waals surface area contributed by atoms with Crippen LogP contribution in [0.5, 0.6) is 0 Å². The first-order chi connectivity index (χ1) is 9.79. The third-order valence-electron chi connectivity index (χ3n) is 4.22. The summed E-state index contributed by atoms with van der Waals surface area (Å²) in [5, 5.41) is 7.48. The van der Waals surface area contributed by atoms with Crippen LogP contribution in [0, 0.1) is 13.8 Å². The molecule has 0 saturated heterocycles. The Balaban J connectivity index is 2.22. The lowest BCUT2D eigenvalue weighted by atomic mass is 9.80. The molecule has 1 fully saturated rings. The van der Waals surface area contributed by atoms with Crippen molar-refractivity contribution in [2.75, 3.05) is 13.6 Å². The van der Waals surface area contributed by atoms with Gasteiger partial charge in [0.15, 0.2) is 0 Å². The highest BCUT2D eigenvalue weighted by Crippen LogP contribution is 2.33. The van der Waals surface area contributed by atoms with E-state index < -0.39 is 10.0 Å². The van der Waals surface area contributed by atoms with E-state index in [0.717, 1.165) is 44.5 Å². The van der Waals surface area contributed by atoms with Gasteiger partial charge in [-0.05, 0) is 60.0 Å². The molecule has 0 atom stereocenters. The molecule has 0 aliphatic heterocycles. The number of nitrogens with zero attached hydrogens (tertiary/aromatic N) is 2. The Hall–Kier alpha value is -0.920. The highest BCUT2D eigenvalue weighted by Gasteiger charge is 2.38. The summed E-state index contributed by atoms with van der Waals surface area (Å²) in [5.41, 5.74) is 1.01. The smallest absolute Gasteiger partial charge is 0.244 e. The highest BCUT2D eigenvalue weighted by molar-refractivity contribution is 7.89. The monoisotopic (exact) mass is 314 g/mol. The molecule has 0 unspecified atom stereocenters. The molecular weight excluding hydrogens is 288 g/mol. The predicted octanol–water partition coefficient (Wildman–Crippen LogP) is 1.33. The maximum absolute atomic E-state index is 12.6. The number of nitrogens with one attached hydrogen (secondary N) is 2. The molecule has 0 aromatic carbocycles. The van der Waals surface area contributed by atoms with Crippen LogP contribution in [0.15, 0.2) is 4.90 Å². The number of aromatic nitrogens is 2. The average Bonchev–Trinajstić information content (AvgIpc) is 2.63. The molecule has 0 amide bonds. The van der Waals surface area contributed by atoms with Gasteiger partial charge in [0, 0.05) is 12.1 Å². The maximum Gasteiger partial charge on any atom is 0.244 e. The molecule has 2 rings (SSSR count). The molecule has 21 heavy (non-hydrogen) atoms. The zero-order valence-corrected chi connectivity index (χ0v) is 14.2. The van der Waals surface area contributed by atoms with Gasteiger partial charge in [0.2, 0.25) is 10.0 Å². The molecule has 0 bridgehead atoms. The van der Waals surface area contributed by atoms with Crippen LogP contribution < -0.4 is 10.0 Å². The molecule has 7 heteroatoms. The number of aryl methyl sites for hydroxylation is 2. The maximum atomic E-state index is 12.6. The normalized spacial score (nSPS) is 17.7. The van der Waals surface area contributed by atoms with Crippen LogP contribution in [0.4, 0.5) is 0 Å². The summed E-state index contributed by atoms with van der Waals surface area (Å²) >= 11 is 0. The van der Waals surface area contributed by atoms with Gasteiger partial charge in [-0.15, -0.1) is 0 Å². The van der Waals surface area contributed by atoms with E-state index in [0.29, 0.717) is 10.6 Å². The Kier molecular flexibility index (Phi) is 4.75. The van der Waals surface area contributed by atoms with Gasteiger partial charge in [-0.25, -0.2) is 13.1 Å². The van der Waals surface area contributed by atoms with E-state index in [4.69, 9.17) is 0 Å². The number of hydrogen-bond acceptors (Lipinski definition) is 4. The Morgan fingerprint density at radius 2 is 2.00 bits per heavy atom. The molecule has 0 radical (unpaired) electrons. The van der Waals surface area contributed by atoms with E-state index in [9.17, 15) is 8.42 Å². The average molecular weight is 314 g/mol. The molecular formula is C14H26N4O2S. The van der Waals surface area contributed by atoms with Crippen LogP contribution in [0.3, 0.4) is 0 Å². The first-order valence-electron chi connectivity index (χ1n) is 7.52. The van der Waals surface area contributed by atoms with Gasteiger partial charge in [-0.2, -0.15) is 5.10 Å². The second-order valence-electron chi connectivity index (χ2n) is 6.20. The molecule has 1 aliphatic carbocycles. The van der Waals surface area contributed by atoms with E-state index in [-0.39, 0.29) is 5.54 Å². The predicted molar refractivity (Wildman–Crippen MR) is 82.8 cm³/mol. The number of sulfonamides is 1. The minimum absolute atomic E-state index is 0.286. The third-order valence-corrected chi connectivity index (χ3v) is 6.11. The molecule has 120 valence electrons. The van der Waals surface area contributed by atoms with Crippen molar-refractivity contribution in [2.24, 2.45) is 0 Å². The van der Waals surface area contributed by atoms with Crippen molar-refractivity contribution in [2.45, 2.75) is 63.4 Å². The van der Waals surface area contributed by atoms with Crippen LogP contribution in [-0.4, -0.2) is 37.3 Å². The van der Waals surface area contributed by atoms with Crippen molar-refractivity contribution in [1.29, 1.82) is 0 Å². The van der Waals surface area contributed by atoms with Gasteiger partial charge < -0.3 is 5.32 Å². The van der Waals surface area contributed by atoms with Gasteiger partial charge in [0.05, 0.1) is 11.4 Å². The van der Waals surface area contributed by atoms with Crippen molar-refractivity contribution < 1.29 is 8.42 Å². The van der Waals surface area contributed by atoms with Gasteiger partial charge in [-0.1, -0.05) is 0 Å². The van der Waals surface area contributed by atoms with Crippen LogP contribution >= 0.6 is 0 Å². The molecule has 0 spiro atoms. The summed E-state index contributed by atoms with van der Waals surface area (Å²) < 4.78 is 29.9. The fourth-order valence-electron chi connectivity index (χ4n) is 2.88. The third kappa shape index (κ3) is 3.46. The Morgan fingerprint density at radius 3 is 2.52 bits per heavy atom. The van der Waals surface area contributed by atoms with E-state index in [2.05, 4.69) is 15.1 Å². The summed E-state index contributed by atoms with van der Waals surface area (Å²) in [5.74, 6) is 0. The van der Waals surface area contributed by atoms with E-state index >= 15 is 0 Å². The SMILES string of the molecule is CNCCCn1nc(C)c(S(=O)(=O)NC2(C)CCC2)c1C. The minimum Gasteiger partial charge on any atom is -0.320 e. The topological polar surface area (TPSA) is 76.0 Å². The summed E-state index contributed by atoms with van der Waals surface area (Å²) in [7, 11) is -1.60. The second kappa shape index (κ2) is 6.06. The molecule has 1 saturated carbocycles. The van der Waals surface area contributed by atoms with Crippen molar-refractivity contribution >= 4 is 10.0 Å². The molecule has 6 nitrogen and oxygen atoms in total. The largest absolute Gasteiger partial charge is 0.320 e. The fraction of sp³-hybridized carbons (Fsp3) is 0.786. The van der Waals surface area contributed by atoms with Crippen molar-refractivity contribution in [3.8, 4) is 0 Å². The summed E-state index contributed by atoms with van der Waals surface area (Å²) in [6.45, 7) is 7.17. The van der Waals surface area contributed by atoms with Crippen LogP contribution in [0.1, 0.15) is 44.0 Å². The van der Waals surface area contributed by atoms with Crippen LogP contribution in [-0.2, 0) is 16.6 Å². The van der Waals surface area contributed by atoms with Crippen molar-refractivity contribution in [1.82, 2.24) is 19.8 Å². The fourth-order valence-corrected chi connectivity index (χ4v) is 4.76.